The van der Waals surface area contributed by atoms with Gasteiger partial charge in [-0.05, 0) is 38.1 Å². The standard InChI is InChI=1S/C19H16N2O4S/c1-11-7-8-15(26-11)13(22)10-21-17(23)19(2,20-18(21)24)16-9-12-5-3-4-6-14(12)25-16/h3-9H,10H2,1-2H3,(H,20,24)/t19-/m0/s1. The second-order valence-corrected chi connectivity index (χ2v) is 7.72. The fourth-order valence-corrected chi connectivity index (χ4v) is 3.84. The Labute approximate surface area is 153 Å². The van der Waals surface area contributed by atoms with Crippen molar-refractivity contribution in [2.24, 2.45) is 0 Å². The van der Waals surface area contributed by atoms with E-state index in [4.69, 9.17) is 4.42 Å². The van der Waals surface area contributed by atoms with E-state index in [1.54, 1.807) is 25.1 Å². The van der Waals surface area contributed by atoms with Crippen molar-refractivity contribution in [3.05, 3.63) is 58.0 Å². The number of para-hydroxylation sites is 1. The highest BCUT2D eigenvalue weighted by Gasteiger charge is 2.51. The number of nitrogens with one attached hydrogen (secondary N) is 1. The van der Waals surface area contributed by atoms with Crippen molar-refractivity contribution >= 4 is 40.0 Å². The van der Waals surface area contributed by atoms with Crippen LogP contribution in [0.3, 0.4) is 0 Å². The average Bonchev–Trinajstić information content (AvgIpc) is 3.29. The summed E-state index contributed by atoms with van der Waals surface area (Å²) in [4.78, 5) is 40.2. The molecule has 0 radical (unpaired) electrons. The molecule has 1 aliphatic rings. The molecule has 132 valence electrons. The van der Waals surface area contributed by atoms with Gasteiger partial charge >= 0.3 is 6.03 Å². The third kappa shape index (κ3) is 2.52. The Bertz CT molecular complexity index is 1020. The lowest BCUT2D eigenvalue weighted by Crippen LogP contribution is -2.41. The van der Waals surface area contributed by atoms with E-state index in [1.807, 2.05) is 31.2 Å². The number of carbonyl (C=O) groups excluding carboxylic acids is 3. The number of fused-ring (bicyclic) bond motifs is 1. The molecule has 1 fully saturated rings. The van der Waals surface area contributed by atoms with Crippen molar-refractivity contribution < 1.29 is 18.8 Å². The van der Waals surface area contributed by atoms with Crippen LogP contribution in [0.25, 0.3) is 11.0 Å². The Morgan fingerprint density at radius 3 is 2.69 bits per heavy atom. The SMILES string of the molecule is Cc1ccc(C(=O)CN2C(=O)N[C@@](C)(c3cc4ccccc4o3)C2=O)s1. The van der Waals surface area contributed by atoms with Crippen molar-refractivity contribution in [2.45, 2.75) is 19.4 Å². The molecule has 26 heavy (non-hydrogen) atoms. The van der Waals surface area contributed by atoms with Gasteiger partial charge in [-0.15, -0.1) is 11.3 Å². The lowest BCUT2D eigenvalue weighted by Gasteiger charge is -2.18. The maximum absolute atomic E-state index is 12.9. The first-order valence-corrected chi connectivity index (χ1v) is 8.93. The maximum atomic E-state index is 12.9. The molecule has 1 saturated heterocycles. The minimum Gasteiger partial charge on any atom is -0.458 e. The molecular formula is C19H16N2O4S. The number of imide groups is 1. The van der Waals surface area contributed by atoms with Gasteiger partial charge in [0.05, 0.1) is 11.4 Å². The number of furan rings is 1. The van der Waals surface area contributed by atoms with Gasteiger partial charge in [0.2, 0.25) is 0 Å². The highest BCUT2D eigenvalue weighted by atomic mass is 32.1. The van der Waals surface area contributed by atoms with Crippen molar-refractivity contribution in [3.63, 3.8) is 0 Å². The minimum absolute atomic E-state index is 0.263. The first-order chi connectivity index (χ1) is 12.4. The molecule has 4 rings (SSSR count). The number of nitrogens with zero attached hydrogens (tertiary/aromatic N) is 1. The number of benzene rings is 1. The van der Waals surface area contributed by atoms with Gasteiger partial charge in [-0.25, -0.2) is 4.79 Å². The van der Waals surface area contributed by atoms with E-state index < -0.39 is 17.5 Å². The largest absolute Gasteiger partial charge is 0.458 e. The normalized spacial score (nSPS) is 20.0. The van der Waals surface area contributed by atoms with Crippen LogP contribution in [0.5, 0.6) is 0 Å². The fraction of sp³-hybridized carbons (Fsp3) is 0.211. The summed E-state index contributed by atoms with van der Waals surface area (Å²) >= 11 is 1.34. The molecule has 1 aliphatic heterocycles. The van der Waals surface area contributed by atoms with Crippen LogP contribution in [-0.2, 0) is 10.3 Å². The summed E-state index contributed by atoms with van der Waals surface area (Å²) in [5.41, 5.74) is -0.698. The highest BCUT2D eigenvalue weighted by Crippen LogP contribution is 2.33. The summed E-state index contributed by atoms with van der Waals surface area (Å²) in [5.74, 6) is -0.414. The van der Waals surface area contributed by atoms with Gasteiger partial charge in [0.15, 0.2) is 11.3 Å². The number of hydrogen-bond donors (Lipinski definition) is 1. The zero-order valence-electron chi connectivity index (χ0n) is 14.2. The second-order valence-electron chi connectivity index (χ2n) is 6.43. The first kappa shape index (κ1) is 16.5. The van der Waals surface area contributed by atoms with Crippen LogP contribution in [-0.4, -0.2) is 29.2 Å². The quantitative estimate of drug-likeness (QED) is 0.565. The molecule has 3 heterocycles. The lowest BCUT2D eigenvalue weighted by atomic mass is 9.99. The maximum Gasteiger partial charge on any atom is 0.325 e. The van der Waals surface area contributed by atoms with Gasteiger partial charge in [0.1, 0.15) is 11.3 Å². The van der Waals surface area contributed by atoms with Crippen LogP contribution in [0.15, 0.2) is 46.9 Å². The molecule has 1 aromatic carbocycles. The van der Waals surface area contributed by atoms with E-state index in [-0.39, 0.29) is 12.3 Å². The third-order valence-electron chi connectivity index (χ3n) is 4.51. The fourth-order valence-electron chi connectivity index (χ4n) is 3.04. The molecule has 0 bridgehead atoms. The topological polar surface area (TPSA) is 79.6 Å². The number of aryl methyl sites for hydroxylation is 1. The molecule has 0 saturated carbocycles. The number of amides is 3. The lowest BCUT2D eigenvalue weighted by molar-refractivity contribution is -0.131. The molecular weight excluding hydrogens is 352 g/mol. The van der Waals surface area contributed by atoms with Crippen LogP contribution in [0.2, 0.25) is 0 Å². The Morgan fingerprint density at radius 2 is 2.00 bits per heavy atom. The van der Waals surface area contributed by atoms with Crippen LogP contribution in [0.1, 0.15) is 27.2 Å². The van der Waals surface area contributed by atoms with E-state index in [0.717, 1.165) is 15.2 Å². The predicted molar refractivity (Wildman–Crippen MR) is 97.2 cm³/mol. The minimum atomic E-state index is -1.33. The molecule has 0 unspecified atom stereocenters. The Kier molecular flexibility index (Phi) is 3.69. The summed E-state index contributed by atoms with van der Waals surface area (Å²) in [7, 11) is 0. The van der Waals surface area contributed by atoms with Crippen molar-refractivity contribution in [2.75, 3.05) is 6.54 Å². The van der Waals surface area contributed by atoms with E-state index in [1.165, 1.54) is 11.3 Å². The third-order valence-corrected chi connectivity index (χ3v) is 5.55. The molecule has 7 heteroatoms. The second kappa shape index (κ2) is 5.81. The van der Waals surface area contributed by atoms with E-state index in [0.29, 0.717) is 16.2 Å². The zero-order chi connectivity index (χ0) is 18.5. The Hall–Kier alpha value is -2.93. The molecule has 3 aromatic rings. The molecule has 3 amide bonds. The zero-order valence-corrected chi connectivity index (χ0v) is 15.1. The molecule has 2 aromatic heterocycles. The summed E-state index contributed by atoms with van der Waals surface area (Å²) < 4.78 is 5.77. The van der Waals surface area contributed by atoms with Crippen LogP contribution < -0.4 is 5.32 Å². The van der Waals surface area contributed by atoms with Crippen LogP contribution in [0, 0.1) is 6.92 Å². The van der Waals surface area contributed by atoms with Crippen LogP contribution in [0.4, 0.5) is 4.79 Å². The predicted octanol–water partition coefficient (Wildman–Crippen LogP) is 3.45. The Morgan fingerprint density at radius 1 is 1.23 bits per heavy atom. The average molecular weight is 368 g/mol. The number of Topliss-reactive ketones (excluding diaryl/α,β-unsaturated/α-hetero) is 1. The van der Waals surface area contributed by atoms with Crippen molar-refractivity contribution in [1.29, 1.82) is 0 Å². The summed E-state index contributed by atoms with van der Waals surface area (Å²) in [6, 6.07) is 12.0. The number of carbonyl (C=O) groups is 3. The van der Waals surface area contributed by atoms with Gasteiger partial charge in [-0.2, -0.15) is 0 Å². The molecule has 1 N–H and O–H groups in total. The molecule has 0 spiro atoms. The molecule has 1 atom stereocenters. The highest BCUT2D eigenvalue weighted by molar-refractivity contribution is 7.14. The van der Waals surface area contributed by atoms with Gasteiger partial charge in [-0.1, -0.05) is 18.2 Å². The first-order valence-electron chi connectivity index (χ1n) is 8.11. The van der Waals surface area contributed by atoms with E-state index in [9.17, 15) is 14.4 Å². The number of urea groups is 1. The van der Waals surface area contributed by atoms with Crippen molar-refractivity contribution in [1.82, 2.24) is 10.2 Å². The number of thiophene rings is 1. The van der Waals surface area contributed by atoms with Gasteiger partial charge in [-0.3, -0.25) is 14.5 Å². The monoisotopic (exact) mass is 368 g/mol. The van der Waals surface area contributed by atoms with Gasteiger partial charge < -0.3 is 9.73 Å². The van der Waals surface area contributed by atoms with Gasteiger partial charge in [0, 0.05) is 10.3 Å². The number of rotatable bonds is 4. The van der Waals surface area contributed by atoms with E-state index in [2.05, 4.69) is 5.32 Å². The Balaban J connectivity index is 1.62. The summed E-state index contributed by atoms with van der Waals surface area (Å²) in [6.45, 7) is 3.19. The summed E-state index contributed by atoms with van der Waals surface area (Å²) in [6.07, 6.45) is 0. The number of ketones is 1. The number of hydrogen-bond acceptors (Lipinski definition) is 5. The summed E-state index contributed by atoms with van der Waals surface area (Å²) in [5, 5.41) is 3.51. The smallest absolute Gasteiger partial charge is 0.325 e. The van der Waals surface area contributed by atoms with Crippen LogP contribution >= 0.6 is 11.3 Å². The molecule has 0 aliphatic carbocycles. The molecule has 6 nitrogen and oxygen atoms in total. The van der Waals surface area contributed by atoms with Crippen molar-refractivity contribution in [3.8, 4) is 0 Å². The van der Waals surface area contributed by atoms with E-state index >= 15 is 0 Å². The van der Waals surface area contributed by atoms with Gasteiger partial charge in [0.25, 0.3) is 5.91 Å².